The highest BCUT2D eigenvalue weighted by Gasteiger charge is 2.27. The van der Waals surface area contributed by atoms with E-state index >= 15 is 0 Å². The largest absolute Gasteiger partial charge is 0.382 e. The molecule has 0 fully saturated rings. The van der Waals surface area contributed by atoms with E-state index in [1.54, 1.807) is 0 Å². The molecule has 0 radical (unpaired) electrons. The number of primary amides is 1. The number of carbonyl (C=O) groups is 8. The zero-order valence-corrected chi connectivity index (χ0v) is 26.1. The average molecular weight is 659 g/mol. The van der Waals surface area contributed by atoms with E-state index in [0.29, 0.717) is 12.2 Å². The second kappa shape index (κ2) is 19.1. The van der Waals surface area contributed by atoms with Gasteiger partial charge >= 0.3 is 6.03 Å². The number of ether oxygens (including phenoxy) is 2. The maximum Gasteiger partial charge on any atom is 0.340 e. The quantitative estimate of drug-likeness (QED) is 0.0559. The van der Waals surface area contributed by atoms with Crippen LogP contribution < -0.4 is 32.3 Å². The summed E-state index contributed by atoms with van der Waals surface area (Å²) in [6, 6.07) is 1.79. The molecule has 0 aliphatic carbocycles. The summed E-state index contributed by atoms with van der Waals surface area (Å²) >= 11 is 0. The molecular weight excluding hydrogens is 620 g/mol. The number of carbonyl (C=O) groups excluding carboxylic acids is 8. The van der Waals surface area contributed by atoms with Gasteiger partial charge in [0.1, 0.15) is 24.7 Å². The van der Waals surface area contributed by atoms with E-state index in [2.05, 4.69) is 31.6 Å². The number of urea groups is 1. The number of anilines is 1. The number of nitrogens with one attached hydrogen (secondary N) is 5. The van der Waals surface area contributed by atoms with Crippen LogP contribution in [0.15, 0.2) is 41.4 Å². The van der Waals surface area contributed by atoms with Crippen molar-refractivity contribution in [1.82, 2.24) is 26.2 Å². The molecule has 0 spiro atoms. The van der Waals surface area contributed by atoms with Crippen molar-refractivity contribution < 1.29 is 47.8 Å². The lowest BCUT2D eigenvalue weighted by Gasteiger charge is -2.22. The van der Waals surface area contributed by atoms with Crippen LogP contribution in [0, 0.1) is 0 Å². The van der Waals surface area contributed by atoms with Crippen molar-refractivity contribution in [3.63, 3.8) is 0 Å². The summed E-state index contributed by atoms with van der Waals surface area (Å²) in [6.07, 6.45) is 3.00. The Bertz CT molecular complexity index is 1380. The Morgan fingerprint density at radius 3 is 2.13 bits per heavy atom. The summed E-state index contributed by atoms with van der Waals surface area (Å²) in [5.74, 6) is -4.58. The third-order valence-corrected chi connectivity index (χ3v) is 6.25. The molecule has 2 rings (SSSR count). The maximum atomic E-state index is 12.9. The highest BCUT2D eigenvalue weighted by molar-refractivity contribution is 6.12. The fraction of sp³-hybridized carbons (Fsp3) is 0.414. The van der Waals surface area contributed by atoms with Crippen LogP contribution in [-0.2, 0) is 43.0 Å². The van der Waals surface area contributed by atoms with Crippen LogP contribution in [0.1, 0.15) is 25.8 Å². The Morgan fingerprint density at radius 1 is 0.894 bits per heavy atom. The van der Waals surface area contributed by atoms with E-state index in [-0.39, 0.29) is 32.0 Å². The van der Waals surface area contributed by atoms with Gasteiger partial charge in [-0.3, -0.25) is 38.5 Å². The van der Waals surface area contributed by atoms with Crippen LogP contribution >= 0.6 is 0 Å². The van der Waals surface area contributed by atoms with Crippen LogP contribution in [0.4, 0.5) is 10.5 Å². The average Bonchev–Trinajstić information content (AvgIpc) is 3.34. The highest BCUT2D eigenvalue weighted by atomic mass is 16.5. The highest BCUT2D eigenvalue weighted by Crippen LogP contribution is 2.10. The number of imide groups is 1. The van der Waals surface area contributed by atoms with Crippen LogP contribution in [0.3, 0.4) is 0 Å². The molecular formula is C29H38N8O10. The van der Waals surface area contributed by atoms with Crippen molar-refractivity contribution in [2.24, 2.45) is 10.7 Å². The smallest absolute Gasteiger partial charge is 0.340 e. The molecule has 9 amide bonds. The molecule has 1 aromatic rings. The van der Waals surface area contributed by atoms with Crippen LogP contribution in [-0.4, -0.2) is 117 Å². The number of nitrogens with zero attached hydrogens (tertiary/aromatic N) is 2. The molecule has 7 N–H and O–H groups in total. The van der Waals surface area contributed by atoms with Crippen molar-refractivity contribution >= 4 is 59.3 Å². The molecule has 1 aliphatic heterocycles. The lowest BCUT2D eigenvalue weighted by Crippen LogP contribution is -2.55. The van der Waals surface area contributed by atoms with Gasteiger partial charge in [0, 0.05) is 44.3 Å². The number of amides is 9. The molecule has 47 heavy (non-hydrogen) atoms. The Morgan fingerprint density at radius 2 is 1.51 bits per heavy atom. The summed E-state index contributed by atoms with van der Waals surface area (Å²) in [4.78, 5) is 101. The Kier molecular flexibility index (Phi) is 15.3. The molecule has 1 aromatic carbocycles. The zero-order chi connectivity index (χ0) is 34.9. The molecule has 254 valence electrons. The van der Waals surface area contributed by atoms with Gasteiger partial charge in [-0.25, -0.2) is 9.79 Å². The first-order valence-corrected chi connectivity index (χ1v) is 14.3. The minimum atomic E-state index is -1.38. The van der Waals surface area contributed by atoms with Gasteiger partial charge in [-0.1, -0.05) is 12.1 Å². The molecule has 18 nitrogen and oxygen atoms in total. The first kappa shape index (κ1) is 37.7. The van der Waals surface area contributed by atoms with E-state index in [0.717, 1.165) is 17.1 Å². The third-order valence-electron chi connectivity index (χ3n) is 6.25. The van der Waals surface area contributed by atoms with Crippen molar-refractivity contribution in [2.75, 3.05) is 45.3 Å². The number of aliphatic imine (C=N–C) groups is 1. The third kappa shape index (κ3) is 13.6. The zero-order valence-electron chi connectivity index (χ0n) is 26.1. The molecule has 0 aromatic heterocycles. The van der Waals surface area contributed by atoms with Gasteiger partial charge < -0.3 is 41.8 Å². The standard InChI is InChI=1S/C29H38N8O10/c1-17(33-23(39)16-47-13-12-46-3)26(42)34-18(2)27(43)36-21(14-22(30)38)28(44)35-20-6-4-19(5-7-20)15-32-29(45)31-10-11-37-24(40)8-9-25(37)41/h4-9,15,17-18,21H,10-14,16H2,1-3H3,(H2,30,38)(H,31,45)(H,33,39)(H,34,42)(H,35,44)(H,36,43). The van der Waals surface area contributed by atoms with Gasteiger partial charge in [-0.05, 0) is 31.5 Å². The minimum Gasteiger partial charge on any atom is -0.382 e. The summed E-state index contributed by atoms with van der Waals surface area (Å²) in [7, 11) is 1.48. The molecule has 0 saturated heterocycles. The second-order valence-electron chi connectivity index (χ2n) is 10.1. The number of hydrogen-bond acceptors (Lipinski definition) is 10. The fourth-order valence-electron chi connectivity index (χ4n) is 3.75. The topological polar surface area (TPSA) is 257 Å². The van der Waals surface area contributed by atoms with Gasteiger partial charge in [0.05, 0.1) is 19.6 Å². The number of rotatable bonds is 18. The first-order chi connectivity index (χ1) is 22.3. The predicted molar refractivity (Wildman–Crippen MR) is 166 cm³/mol. The lowest BCUT2D eigenvalue weighted by atomic mass is 10.1. The van der Waals surface area contributed by atoms with E-state index < -0.39 is 71.9 Å². The molecule has 3 atom stereocenters. The van der Waals surface area contributed by atoms with Crippen LogP contribution in [0.5, 0.6) is 0 Å². The number of benzene rings is 1. The molecule has 0 bridgehead atoms. The SMILES string of the molecule is COCCOCC(=O)NC(C)C(=O)NC(C)C(=O)NC(CC(N)=O)C(=O)Nc1ccc(C=NC(=O)NCCN2C(=O)C=CC2=O)cc1. The Balaban J connectivity index is 1.85. The Labute approximate surface area is 269 Å². The number of hydrogen-bond donors (Lipinski definition) is 6. The molecule has 0 saturated carbocycles. The molecule has 18 heteroatoms. The number of nitrogens with two attached hydrogens (primary N) is 1. The predicted octanol–water partition coefficient (Wildman–Crippen LogP) is -2.29. The number of methoxy groups -OCH3 is 1. The summed E-state index contributed by atoms with van der Waals surface area (Å²) in [5.41, 5.74) is 6.04. The van der Waals surface area contributed by atoms with Gasteiger partial charge in [-0.15, -0.1) is 0 Å². The summed E-state index contributed by atoms with van der Waals surface area (Å²) in [5, 5.41) is 12.2. The fourth-order valence-corrected chi connectivity index (χ4v) is 3.75. The minimum absolute atomic E-state index is 0.00353. The van der Waals surface area contributed by atoms with E-state index in [1.165, 1.54) is 51.4 Å². The van der Waals surface area contributed by atoms with Gasteiger partial charge in [0.25, 0.3) is 11.8 Å². The lowest BCUT2D eigenvalue weighted by molar-refractivity contribution is -0.136. The molecule has 1 heterocycles. The van der Waals surface area contributed by atoms with E-state index in [1.807, 2.05) is 0 Å². The summed E-state index contributed by atoms with van der Waals surface area (Å²) in [6.45, 7) is 2.96. The molecule has 1 aliphatic rings. The summed E-state index contributed by atoms with van der Waals surface area (Å²) < 4.78 is 9.89. The maximum absolute atomic E-state index is 12.9. The normalized spacial score (nSPS) is 14.3. The first-order valence-electron chi connectivity index (χ1n) is 14.3. The van der Waals surface area contributed by atoms with Gasteiger partial charge in [0.2, 0.25) is 29.5 Å². The second-order valence-corrected chi connectivity index (χ2v) is 10.1. The van der Waals surface area contributed by atoms with Gasteiger partial charge in [-0.2, -0.15) is 0 Å². The van der Waals surface area contributed by atoms with Crippen molar-refractivity contribution in [3.8, 4) is 0 Å². The monoisotopic (exact) mass is 658 g/mol. The molecule has 3 unspecified atom stereocenters. The van der Waals surface area contributed by atoms with Crippen molar-refractivity contribution in [2.45, 2.75) is 38.4 Å². The van der Waals surface area contributed by atoms with Gasteiger partial charge in [0.15, 0.2) is 0 Å². The van der Waals surface area contributed by atoms with Crippen LogP contribution in [0.25, 0.3) is 0 Å². The Hall–Kier alpha value is -5.49. The van der Waals surface area contributed by atoms with E-state index in [9.17, 15) is 38.4 Å². The van der Waals surface area contributed by atoms with Crippen LogP contribution in [0.2, 0.25) is 0 Å². The van der Waals surface area contributed by atoms with Crippen molar-refractivity contribution in [3.05, 3.63) is 42.0 Å². The van der Waals surface area contributed by atoms with E-state index in [4.69, 9.17) is 15.2 Å². The van der Waals surface area contributed by atoms with Crippen molar-refractivity contribution in [1.29, 1.82) is 0 Å².